The van der Waals surface area contributed by atoms with Crippen molar-refractivity contribution < 1.29 is 13.2 Å². The number of sulfonamides is 1. The monoisotopic (exact) mass is 462 g/mol. The molecule has 8 heteroatoms. The Kier molecular flexibility index (Phi) is 7.35. The molecule has 1 aliphatic rings. The van der Waals surface area contributed by atoms with Crippen LogP contribution >= 0.6 is 0 Å². The Balaban J connectivity index is 1.20. The molecule has 2 heterocycles. The molecule has 170 valence electrons. The number of nitrogens with one attached hydrogen (secondary N) is 1. The van der Waals surface area contributed by atoms with Gasteiger partial charge >= 0.3 is 0 Å². The van der Waals surface area contributed by atoms with Gasteiger partial charge in [-0.3, -0.25) is 4.98 Å². The van der Waals surface area contributed by atoms with Crippen LogP contribution in [0.5, 0.6) is 5.75 Å². The van der Waals surface area contributed by atoms with Gasteiger partial charge in [0.2, 0.25) is 10.0 Å². The van der Waals surface area contributed by atoms with Crippen LogP contribution in [-0.4, -0.2) is 50.6 Å². The van der Waals surface area contributed by atoms with Crippen LogP contribution in [0, 0.1) is 11.3 Å². The van der Waals surface area contributed by atoms with Crippen molar-refractivity contribution in [3.8, 4) is 23.1 Å². The molecular weight excluding hydrogens is 436 g/mol. The fraction of sp³-hybridized carbons (Fsp3) is 0.280. The summed E-state index contributed by atoms with van der Waals surface area (Å²) < 4.78 is 33.9. The van der Waals surface area contributed by atoms with Gasteiger partial charge in [0.05, 0.1) is 28.8 Å². The van der Waals surface area contributed by atoms with Gasteiger partial charge in [0.15, 0.2) is 0 Å². The summed E-state index contributed by atoms with van der Waals surface area (Å²) in [5.74, 6) is 0.821. The standard InChI is InChI=1S/C25H26N4O3S/c26-18-20-5-3-6-24(17-20)33(30,31)28-22-12-15-29(19-22)14-4-16-32-23-10-8-21(9-11-23)25-7-1-2-13-27-25/h1-3,5-11,13,17,22,28H,4,12,14-16,19H2/t22-/m1/s1. The molecule has 0 radical (unpaired) electrons. The largest absolute Gasteiger partial charge is 0.494 e. The lowest BCUT2D eigenvalue weighted by molar-refractivity contribution is 0.261. The summed E-state index contributed by atoms with van der Waals surface area (Å²) in [5, 5.41) is 9.00. The van der Waals surface area contributed by atoms with Gasteiger partial charge < -0.3 is 9.64 Å². The molecule has 0 bridgehead atoms. The summed E-state index contributed by atoms with van der Waals surface area (Å²) in [6.45, 7) is 2.94. The van der Waals surface area contributed by atoms with E-state index in [1.54, 1.807) is 18.3 Å². The van der Waals surface area contributed by atoms with Crippen molar-refractivity contribution >= 4 is 10.0 Å². The number of nitriles is 1. The summed E-state index contributed by atoms with van der Waals surface area (Å²) in [6, 6.07) is 21.7. The van der Waals surface area contributed by atoms with Crippen molar-refractivity contribution in [2.75, 3.05) is 26.2 Å². The van der Waals surface area contributed by atoms with Gasteiger partial charge in [0, 0.05) is 30.9 Å². The number of hydrogen-bond acceptors (Lipinski definition) is 6. The topological polar surface area (TPSA) is 95.3 Å². The number of rotatable bonds is 9. The Morgan fingerprint density at radius 1 is 1.12 bits per heavy atom. The average molecular weight is 463 g/mol. The molecule has 0 spiro atoms. The predicted octanol–water partition coefficient (Wildman–Crippen LogP) is 3.44. The predicted molar refractivity (Wildman–Crippen MR) is 126 cm³/mol. The number of likely N-dealkylation sites (tertiary alicyclic amines) is 1. The number of nitrogens with zero attached hydrogens (tertiary/aromatic N) is 3. The molecule has 0 unspecified atom stereocenters. The van der Waals surface area contributed by atoms with Gasteiger partial charge in [-0.25, -0.2) is 13.1 Å². The Bertz CT molecular complexity index is 1210. The van der Waals surface area contributed by atoms with Crippen LogP contribution in [0.25, 0.3) is 11.3 Å². The third-order valence-corrected chi connectivity index (χ3v) is 7.09. The highest BCUT2D eigenvalue weighted by molar-refractivity contribution is 7.89. The molecule has 33 heavy (non-hydrogen) atoms. The van der Waals surface area contributed by atoms with Crippen LogP contribution in [0.1, 0.15) is 18.4 Å². The average Bonchev–Trinajstić information content (AvgIpc) is 3.29. The van der Waals surface area contributed by atoms with E-state index in [1.807, 2.05) is 48.5 Å². The van der Waals surface area contributed by atoms with E-state index >= 15 is 0 Å². The lowest BCUT2D eigenvalue weighted by Gasteiger charge is -2.17. The molecule has 0 aliphatic carbocycles. The molecule has 7 nitrogen and oxygen atoms in total. The molecule has 1 atom stereocenters. The van der Waals surface area contributed by atoms with E-state index in [0.717, 1.165) is 42.9 Å². The minimum Gasteiger partial charge on any atom is -0.494 e. The van der Waals surface area contributed by atoms with E-state index in [-0.39, 0.29) is 10.9 Å². The van der Waals surface area contributed by atoms with Crippen molar-refractivity contribution in [1.29, 1.82) is 5.26 Å². The normalized spacial score (nSPS) is 16.4. The number of ether oxygens (including phenoxy) is 1. The Hall–Kier alpha value is -3.25. The van der Waals surface area contributed by atoms with E-state index in [4.69, 9.17) is 10.00 Å². The molecule has 1 N–H and O–H groups in total. The van der Waals surface area contributed by atoms with Gasteiger partial charge in [-0.05, 0) is 74.0 Å². The van der Waals surface area contributed by atoms with Crippen molar-refractivity contribution in [3.05, 3.63) is 78.5 Å². The zero-order valence-electron chi connectivity index (χ0n) is 18.2. The van der Waals surface area contributed by atoms with Crippen LogP contribution < -0.4 is 9.46 Å². The first-order chi connectivity index (χ1) is 16.0. The van der Waals surface area contributed by atoms with E-state index < -0.39 is 10.0 Å². The van der Waals surface area contributed by atoms with Gasteiger partial charge in [0.1, 0.15) is 5.75 Å². The van der Waals surface area contributed by atoms with Crippen molar-refractivity contribution in [3.63, 3.8) is 0 Å². The van der Waals surface area contributed by atoms with Gasteiger partial charge in [-0.1, -0.05) is 12.1 Å². The second-order valence-corrected chi connectivity index (χ2v) is 9.70. The van der Waals surface area contributed by atoms with Gasteiger partial charge in [0.25, 0.3) is 0 Å². The summed E-state index contributed by atoms with van der Waals surface area (Å²) in [6.07, 6.45) is 3.39. The fourth-order valence-electron chi connectivity index (χ4n) is 3.89. The maximum absolute atomic E-state index is 12.6. The van der Waals surface area contributed by atoms with Crippen LogP contribution in [0.4, 0.5) is 0 Å². The van der Waals surface area contributed by atoms with Crippen LogP contribution in [0.2, 0.25) is 0 Å². The molecule has 1 saturated heterocycles. The summed E-state index contributed by atoms with van der Waals surface area (Å²) in [7, 11) is -3.64. The Morgan fingerprint density at radius 2 is 1.97 bits per heavy atom. The highest BCUT2D eigenvalue weighted by Crippen LogP contribution is 2.21. The quantitative estimate of drug-likeness (QED) is 0.490. The van der Waals surface area contributed by atoms with Gasteiger partial charge in [-0.2, -0.15) is 5.26 Å². The minimum atomic E-state index is -3.64. The molecule has 0 saturated carbocycles. The van der Waals surface area contributed by atoms with Crippen molar-refractivity contribution in [1.82, 2.24) is 14.6 Å². The third-order valence-electron chi connectivity index (χ3n) is 5.57. The summed E-state index contributed by atoms with van der Waals surface area (Å²) in [4.78, 5) is 6.72. The molecule has 2 aromatic carbocycles. The maximum Gasteiger partial charge on any atom is 0.240 e. The Labute approximate surface area is 194 Å². The zero-order chi connectivity index (χ0) is 23.1. The molecule has 1 aliphatic heterocycles. The lowest BCUT2D eigenvalue weighted by atomic mass is 10.1. The first-order valence-electron chi connectivity index (χ1n) is 10.9. The molecule has 4 rings (SSSR count). The maximum atomic E-state index is 12.6. The van der Waals surface area contributed by atoms with E-state index in [9.17, 15) is 8.42 Å². The van der Waals surface area contributed by atoms with Crippen LogP contribution in [-0.2, 0) is 10.0 Å². The van der Waals surface area contributed by atoms with E-state index in [0.29, 0.717) is 18.7 Å². The SMILES string of the molecule is N#Cc1cccc(S(=O)(=O)N[C@@H]2CCN(CCCOc3ccc(-c4ccccn4)cc3)C2)c1. The smallest absolute Gasteiger partial charge is 0.240 e. The highest BCUT2D eigenvalue weighted by atomic mass is 32.2. The highest BCUT2D eigenvalue weighted by Gasteiger charge is 2.27. The fourth-order valence-corrected chi connectivity index (χ4v) is 5.19. The second kappa shape index (κ2) is 10.6. The van der Waals surface area contributed by atoms with E-state index in [2.05, 4.69) is 14.6 Å². The number of aromatic nitrogens is 1. The number of pyridine rings is 1. The molecule has 1 fully saturated rings. The van der Waals surface area contributed by atoms with Crippen LogP contribution in [0.3, 0.4) is 0 Å². The minimum absolute atomic E-state index is 0.127. The van der Waals surface area contributed by atoms with E-state index in [1.165, 1.54) is 12.1 Å². The molecule has 1 aromatic heterocycles. The van der Waals surface area contributed by atoms with Crippen LogP contribution in [0.15, 0.2) is 77.8 Å². The summed E-state index contributed by atoms with van der Waals surface area (Å²) in [5.41, 5.74) is 2.31. The van der Waals surface area contributed by atoms with Crippen molar-refractivity contribution in [2.24, 2.45) is 0 Å². The molecule has 3 aromatic rings. The molecule has 0 amide bonds. The van der Waals surface area contributed by atoms with Crippen molar-refractivity contribution in [2.45, 2.75) is 23.8 Å². The number of hydrogen-bond donors (Lipinski definition) is 1. The molecular formula is C25H26N4O3S. The third kappa shape index (κ3) is 6.17. The van der Waals surface area contributed by atoms with Gasteiger partial charge in [-0.15, -0.1) is 0 Å². The lowest BCUT2D eigenvalue weighted by Crippen LogP contribution is -2.37. The number of benzene rings is 2. The Morgan fingerprint density at radius 3 is 2.73 bits per heavy atom. The summed E-state index contributed by atoms with van der Waals surface area (Å²) >= 11 is 0. The second-order valence-electron chi connectivity index (χ2n) is 7.99. The first-order valence-corrected chi connectivity index (χ1v) is 12.4. The first kappa shape index (κ1) is 22.9. The zero-order valence-corrected chi connectivity index (χ0v) is 19.0.